The van der Waals surface area contributed by atoms with Crippen LogP contribution in [0.4, 0.5) is 0 Å². The molecule has 380 valence electrons. The standard InChI is InChI=1S/C58H112O6/c1-7-54(6)46-40-34-28-24-25-31-37-43-49-58(61)64-55(51-63-57(60)48-42-36-30-23-19-15-11-13-17-21-27-33-39-45-53(4)5)50-62-56(59)47-41-35-29-22-18-14-10-8-9-12-16-20-26-32-38-44-52(2)3/h52-55H,7-51H2,1-6H3/t54?,55-/m0/s1. The Morgan fingerprint density at radius 2 is 0.547 bits per heavy atom. The van der Waals surface area contributed by atoms with E-state index in [0.717, 1.165) is 75.5 Å². The van der Waals surface area contributed by atoms with E-state index in [0.29, 0.717) is 19.3 Å². The zero-order valence-corrected chi connectivity index (χ0v) is 44.1. The maximum atomic E-state index is 12.8. The SMILES string of the molecule is CCC(C)CCCCCCCCCCC(=O)O[C@@H](COC(=O)CCCCCCCCCCCCCCCCCC(C)C)COC(=O)CCCCCCCCCCCCCCCC(C)C. The first-order valence-corrected chi connectivity index (χ1v) is 28.6. The average Bonchev–Trinajstić information content (AvgIpc) is 3.27. The van der Waals surface area contributed by atoms with Gasteiger partial charge in [0.05, 0.1) is 0 Å². The van der Waals surface area contributed by atoms with Gasteiger partial charge in [-0.1, -0.05) is 279 Å². The monoisotopic (exact) mass is 905 g/mol. The third kappa shape index (κ3) is 49.8. The third-order valence-electron chi connectivity index (χ3n) is 13.5. The van der Waals surface area contributed by atoms with Crippen LogP contribution in [0.1, 0.15) is 318 Å². The van der Waals surface area contributed by atoms with Gasteiger partial charge in [0.1, 0.15) is 13.2 Å². The fraction of sp³-hybridized carbons (Fsp3) is 0.948. The molecule has 0 fully saturated rings. The molecule has 0 amide bonds. The maximum Gasteiger partial charge on any atom is 0.306 e. The summed E-state index contributed by atoms with van der Waals surface area (Å²) >= 11 is 0. The Labute approximate surface area is 399 Å². The molecule has 1 unspecified atom stereocenters. The lowest BCUT2D eigenvalue weighted by atomic mass is 9.99. The maximum absolute atomic E-state index is 12.8. The van der Waals surface area contributed by atoms with Gasteiger partial charge >= 0.3 is 17.9 Å². The second kappa shape index (κ2) is 49.3. The van der Waals surface area contributed by atoms with Crippen molar-refractivity contribution in [3.63, 3.8) is 0 Å². The molecule has 0 aliphatic rings. The van der Waals surface area contributed by atoms with E-state index in [2.05, 4.69) is 41.5 Å². The number of carbonyl (C=O) groups excluding carboxylic acids is 3. The fourth-order valence-electron chi connectivity index (χ4n) is 8.79. The van der Waals surface area contributed by atoms with Crippen LogP contribution < -0.4 is 0 Å². The van der Waals surface area contributed by atoms with Crippen molar-refractivity contribution in [1.82, 2.24) is 0 Å². The molecule has 64 heavy (non-hydrogen) atoms. The molecule has 0 bridgehead atoms. The van der Waals surface area contributed by atoms with E-state index in [4.69, 9.17) is 14.2 Å². The summed E-state index contributed by atoms with van der Waals surface area (Å²) in [5, 5.41) is 0. The summed E-state index contributed by atoms with van der Waals surface area (Å²) < 4.78 is 16.9. The van der Waals surface area contributed by atoms with Crippen molar-refractivity contribution >= 4 is 17.9 Å². The Kier molecular flexibility index (Phi) is 48.1. The summed E-state index contributed by atoms with van der Waals surface area (Å²) in [6.07, 6.45) is 50.9. The van der Waals surface area contributed by atoms with Crippen molar-refractivity contribution in [1.29, 1.82) is 0 Å². The Bertz CT molecular complexity index is 993. The second-order valence-corrected chi connectivity index (χ2v) is 21.1. The normalized spacial score (nSPS) is 12.6. The third-order valence-corrected chi connectivity index (χ3v) is 13.5. The van der Waals surface area contributed by atoms with Gasteiger partial charge in [0.15, 0.2) is 6.10 Å². The van der Waals surface area contributed by atoms with E-state index in [1.54, 1.807) is 0 Å². The minimum Gasteiger partial charge on any atom is -0.462 e. The topological polar surface area (TPSA) is 78.9 Å². The molecular formula is C58H112O6. The molecule has 6 nitrogen and oxygen atoms in total. The molecule has 0 aromatic rings. The highest BCUT2D eigenvalue weighted by atomic mass is 16.6. The van der Waals surface area contributed by atoms with Gasteiger partial charge in [0, 0.05) is 19.3 Å². The van der Waals surface area contributed by atoms with Crippen LogP contribution in [0.2, 0.25) is 0 Å². The molecule has 2 atom stereocenters. The Hall–Kier alpha value is -1.59. The van der Waals surface area contributed by atoms with Gasteiger partial charge in [-0.05, 0) is 37.0 Å². The predicted octanol–water partition coefficient (Wildman–Crippen LogP) is 18.7. The summed E-state index contributed by atoms with van der Waals surface area (Å²) in [5.41, 5.74) is 0. The summed E-state index contributed by atoms with van der Waals surface area (Å²) in [4.78, 5) is 38.1. The van der Waals surface area contributed by atoms with Crippen LogP contribution in [0, 0.1) is 17.8 Å². The molecule has 6 heteroatoms. The van der Waals surface area contributed by atoms with Gasteiger partial charge in [-0.2, -0.15) is 0 Å². The van der Waals surface area contributed by atoms with E-state index in [1.807, 2.05) is 0 Å². The van der Waals surface area contributed by atoms with Crippen LogP contribution in [0.5, 0.6) is 0 Å². The van der Waals surface area contributed by atoms with Gasteiger partial charge in [-0.25, -0.2) is 0 Å². The lowest BCUT2D eigenvalue weighted by molar-refractivity contribution is -0.167. The van der Waals surface area contributed by atoms with Gasteiger partial charge in [0.25, 0.3) is 0 Å². The molecule has 0 aliphatic carbocycles. The van der Waals surface area contributed by atoms with Gasteiger partial charge < -0.3 is 14.2 Å². The number of hydrogen-bond donors (Lipinski definition) is 0. The molecule has 0 radical (unpaired) electrons. The Morgan fingerprint density at radius 3 is 0.812 bits per heavy atom. The first kappa shape index (κ1) is 62.4. The quantitative estimate of drug-likeness (QED) is 0.0344. The highest BCUT2D eigenvalue weighted by Crippen LogP contribution is 2.19. The van der Waals surface area contributed by atoms with Crippen molar-refractivity contribution in [3.8, 4) is 0 Å². The first-order valence-electron chi connectivity index (χ1n) is 28.6. The molecular weight excluding hydrogens is 793 g/mol. The van der Waals surface area contributed by atoms with Crippen LogP contribution in [0.25, 0.3) is 0 Å². The fourth-order valence-corrected chi connectivity index (χ4v) is 8.79. The van der Waals surface area contributed by atoms with Crippen molar-refractivity contribution in [2.75, 3.05) is 13.2 Å². The van der Waals surface area contributed by atoms with Crippen molar-refractivity contribution in [3.05, 3.63) is 0 Å². The molecule has 0 N–H and O–H groups in total. The molecule has 0 aromatic heterocycles. The molecule has 0 heterocycles. The predicted molar refractivity (Wildman–Crippen MR) is 275 cm³/mol. The van der Waals surface area contributed by atoms with Crippen LogP contribution in [0.15, 0.2) is 0 Å². The van der Waals surface area contributed by atoms with Crippen molar-refractivity contribution < 1.29 is 28.6 Å². The summed E-state index contributed by atoms with van der Waals surface area (Å²) in [5.74, 6) is 1.69. The lowest BCUT2D eigenvalue weighted by Gasteiger charge is -2.18. The van der Waals surface area contributed by atoms with E-state index in [1.165, 1.54) is 199 Å². The Balaban J connectivity index is 4.28. The van der Waals surface area contributed by atoms with Gasteiger partial charge in [0.2, 0.25) is 0 Å². The molecule has 0 spiro atoms. The van der Waals surface area contributed by atoms with Crippen molar-refractivity contribution in [2.45, 2.75) is 324 Å². The van der Waals surface area contributed by atoms with Crippen LogP contribution in [-0.4, -0.2) is 37.2 Å². The molecule has 0 aromatic carbocycles. The van der Waals surface area contributed by atoms with Gasteiger partial charge in [-0.15, -0.1) is 0 Å². The van der Waals surface area contributed by atoms with E-state index >= 15 is 0 Å². The summed E-state index contributed by atoms with van der Waals surface area (Å²) in [7, 11) is 0. The minimum atomic E-state index is -0.764. The number of unbranched alkanes of at least 4 members (excludes halogenated alkanes) is 33. The first-order chi connectivity index (χ1) is 31.1. The summed E-state index contributed by atoms with van der Waals surface area (Å²) in [6.45, 7) is 13.8. The van der Waals surface area contributed by atoms with Gasteiger partial charge in [-0.3, -0.25) is 14.4 Å². The molecule has 0 aliphatic heterocycles. The van der Waals surface area contributed by atoms with E-state index in [9.17, 15) is 14.4 Å². The Morgan fingerprint density at radius 1 is 0.312 bits per heavy atom. The number of esters is 3. The second-order valence-electron chi connectivity index (χ2n) is 21.1. The number of rotatable bonds is 51. The molecule has 0 saturated heterocycles. The lowest BCUT2D eigenvalue weighted by Crippen LogP contribution is -2.30. The summed E-state index contributed by atoms with van der Waals surface area (Å²) in [6, 6.07) is 0. The van der Waals surface area contributed by atoms with Crippen LogP contribution in [0.3, 0.4) is 0 Å². The van der Waals surface area contributed by atoms with Crippen LogP contribution >= 0.6 is 0 Å². The zero-order valence-electron chi connectivity index (χ0n) is 44.1. The highest BCUT2D eigenvalue weighted by molar-refractivity contribution is 5.71. The highest BCUT2D eigenvalue weighted by Gasteiger charge is 2.19. The van der Waals surface area contributed by atoms with E-state index in [-0.39, 0.29) is 31.1 Å². The smallest absolute Gasteiger partial charge is 0.306 e. The average molecular weight is 906 g/mol. The van der Waals surface area contributed by atoms with E-state index < -0.39 is 6.10 Å². The number of carbonyl (C=O) groups is 3. The minimum absolute atomic E-state index is 0.0640. The number of hydrogen-bond acceptors (Lipinski definition) is 6. The number of ether oxygens (including phenoxy) is 3. The molecule has 0 saturated carbocycles. The zero-order chi connectivity index (χ0) is 47.0. The largest absolute Gasteiger partial charge is 0.462 e. The molecule has 0 rings (SSSR count). The van der Waals surface area contributed by atoms with Crippen LogP contribution in [-0.2, 0) is 28.6 Å². The van der Waals surface area contributed by atoms with Crippen molar-refractivity contribution in [2.24, 2.45) is 17.8 Å².